The SMILES string of the molecule is C[C@]1(F)CC[C@@H](COc2cc(F)c(C(=O)NS(=O)(=O)N3CCC3)cc2Cl)CC1. The Morgan fingerprint density at radius 1 is 1.36 bits per heavy atom. The van der Waals surface area contributed by atoms with Crippen molar-refractivity contribution in [3.8, 4) is 5.75 Å². The summed E-state index contributed by atoms with van der Waals surface area (Å²) in [6.45, 7) is 2.50. The van der Waals surface area contributed by atoms with Crippen LogP contribution in [-0.4, -0.2) is 44.0 Å². The van der Waals surface area contributed by atoms with Gasteiger partial charge < -0.3 is 4.74 Å². The van der Waals surface area contributed by atoms with Crippen LogP contribution in [0.3, 0.4) is 0 Å². The van der Waals surface area contributed by atoms with Gasteiger partial charge in [0.15, 0.2) is 0 Å². The second-order valence-electron chi connectivity index (χ2n) is 7.62. The van der Waals surface area contributed by atoms with Crippen molar-refractivity contribution in [3.63, 3.8) is 0 Å². The lowest BCUT2D eigenvalue weighted by Gasteiger charge is -2.31. The molecule has 0 aromatic heterocycles. The molecule has 28 heavy (non-hydrogen) atoms. The number of carbonyl (C=O) groups is 1. The molecular formula is C18H23ClF2N2O4S. The number of alkyl halides is 1. The lowest BCUT2D eigenvalue weighted by Crippen LogP contribution is -2.49. The van der Waals surface area contributed by atoms with E-state index in [1.54, 1.807) is 6.92 Å². The molecule has 0 bridgehead atoms. The number of rotatable bonds is 6. The quantitative estimate of drug-likeness (QED) is 0.741. The first-order valence-corrected chi connectivity index (χ1v) is 11.0. The van der Waals surface area contributed by atoms with E-state index in [9.17, 15) is 22.0 Å². The maximum absolute atomic E-state index is 14.4. The Balaban J connectivity index is 1.63. The highest BCUT2D eigenvalue weighted by Crippen LogP contribution is 2.35. The van der Waals surface area contributed by atoms with Crippen molar-refractivity contribution in [2.75, 3.05) is 19.7 Å². The molecule has 1 heterocycles. The number of amides is 1. The van der Waals surface area contributed by atoms with E-state index in [2.05, 4.69) is 0 Å². The molecule has 156 valence electrons. The van der Waals surface area contributed by atoms with Gasteiger partial charge in [-0.15, -0.1) is 0 Å². The molecule has 1 aliphatic carbocycles. The summed E-state index contributed by atoms with van der Waals surface area (Å²) < 4.78 is 60.6. The number of hydrogen-bond donors (Lipinski definition) is 1. The van der Waals surface area contributed by atoms with Gasteiger partial charge in [-0.1, -0.05) is 11.6 Å². The summed E-state index contributed by atoms with van der Waals surface area (Å²) in [7, 11) is -3.98. The van der Waals surface area contributed by atoms with Crippen LogP contribution in [0.15, 0.2) is 12.1 Å². The van der Waals surface area contributed by atoms with Crippen molar-refractivity contribution >= 4 is 27.7 Å². The van der Waals surface area contributed by atoms with Crippen LogP contribution in [0.1, 0.15) is 49.4 Å². The number of benzene rings is 1. The molecule has 0 unspecified atom stereocenters. The van der Waals surface area contributed by atoms with Gasteiger partial charge in [0.2, 0.25) is 0 Å². The van der Waals surface area contributed by atoms with Crippen LogP contribution in [0.5, 0.6) is 5.75 Å². The molecule has 0 atom stereocenters. The first-order valence-electron chi connectivity index (χ1n) is 9.20. The van der Waals surface area contributed by atoms with Crippen LogP contribution in [0.4, 0.5) is 8.78 Å². The smallest absolute Gasteiger partial charge is 0.304 e. The highest BCUT2D eigenvalue weighted by molar-refractivity contribution is 7.87. The zero-order chi connectivity index (χ0) is 20.5. The molecule has 1 amide bonds. The second kappa shape index (κ2) is 8.12. The van der Waals surface area contributed by atoms with Gasteiger partial charge in [-0.25, -0.2) is 13.5 Å². The van der Waals surface area contributed by atoms with Crippen molar-refractivity contribution in [2.24, 2.45) is 5.92 Å². The van der Waals surface area contributed by atoms with Gasteiger partial charge in [0.05, 0.1) is 17.2 Å². The van der Waals surface area contributed by atoms with Gasteiger partial charge >= 0.3 is 10.2 Å². The van der Waals surface area contributed by atoms with Gasteiger partial charge in [-0.05, 0) is 51.0 Å². The maximum Gasteiger partial charge on any atom is 0.304 e. The van der Waals surface area contributed by atoms with Crippen molar-refractivity contribution in [3.05, 3.63) is 28.5 Å². The molecule has 0 radical (unpaired) electrons. The normalized spacial score (nSPS) is 25.8. The van der Waals surface area contributed by atoms with Gasteiger partial charge in [-0.3, -0.25) is 4.79 Å². The highest BCUT2D eigenvalue weighted by atomic mass is 35.5. The predicted molar refractivity (Wildman–Crippen MR) is 101 cm³/mol. The van der Waals surface area contributed by atoms with Crippen LogP contribution in [-0.2, 0) is 10.2 Å². The van der Waals surface area contributed by atoms with Crippen LogP contribution in [0, 0.1) is 11.7 Å². The Morgan fingerprint density at radius 2 is 2.00 bits per heavy atom. The lowest BCUT2D eigenvalue weighted by atomic mass is 9.81. The highest BCUT2D eigenvalue weighted by Gasteiger charge is 2.32. The van der Waals surface area contributed by atoms with E-state index in [-0.39, 0.29) is 23.3 Å². The Labute approximate surface area is 168 Å². The fraction of sp³-hybridized carbons (Fsp3) is 0.611. The molecule has 1 aromatic carbocycles. The third-order valence-electron chi connectivity index (χ3n) is 5.27. The van der Waals surface area contributed by atoms with Gasteiger partial charge in [-0.2, -0.15) is 12.7 Å². The maximum atomic E-state index is 14.4. The minimum Gasteiger partial charge on any atom is -0.492 e. The number of halogens is 3. The van der Waals surface area contributed by atoms with E-state index in [0.717, 1.165) is 16.4 Å². The Hall–Kier alpha value is -1.45. The standard InChI is InChI=1S/C18H23ClF2N2O4S/c1-18(21)5-3-12(4-6-18)11-27-16-10-15(20)13(9-14(16)19)17(24)22-28(25,26)23-7-2-8-23/h9-10,12H,2-8,11H2,1H3,(H,22,24)/t12-,18+. The van der Waals surface area contributed by atoms with Crippen molar-refractivity contribution in [2.45, 2.75) is 44.7 Å². The van der Waals surface area contributed by atoms with Crippen molar-refractivity contribution in [1.82, 2.24) is 9.03 Å². The van der Waals surface area contributed by atoms with E-state index in [4.69, 9.17) is 16.3 Å². The number of ether oxygens (including phenoxy) is 1. The summed E-state index contributed by atoms with van der Waals surface area (Å²) in [5.41, 5.74) is -1.63. The summed E-state index contributed by atoms with van der Waals surface area (Å²) >= 11 is 6.09. The molecule has 2 aliphatic rings. The van der Waals surface area contributed by atoms with E-state index in [0.29, 0.717) is 45.2 Å². The molecule has 0 spiro atoms. The first kappa shape index (κ1) is 21.3. The number of nitrogens with zero attached hydrogens (tertiary/aromatic N) is 1. The van der Waals surface area contributed by atoms with E-state index >= 15 is 0 Å². The molecule has 2 fully saturated rings. The van der Waals surface area contributed by atoms with Crippen LogP contribution < -0.4 is 9.46 Å². The summed E-state index contributed by atoms with van der Waals surface area (Å²) in [5, 5.41) is -0.000891. The Morgan fingerprint density at radius 3 is 2.57 bits per heavy atom. The fourth-order valence-corrected chi connectivity index (χ4v) is 4.66. The zero-order valence-corrected chi connectivity index (χ0v) is 17.1. The number of nitrogens with one attached hydrogen (secondary N) is 1. The monoisotopic (exact) mass is 436 g/mol. The Bertz CT molecular complexity index is 849. The summed E-state index contributed by atoms with van der Waals surface area (Å²) in [4.78, 5) is 12.2. The van der Waals surface area contributed by atoms with Gasteiger partial charge in [0, 0.05) is 19.2 Å². The third kappa shape index (κ3) is 4.93. The van der Waals surface area contributed by atoms with E-state index in [1.165, 1.54) is 0 Å². The average Bonchev–Trinajstić information content (AvgIpc) is 2.53. The molecular weight excluding hydrogens is 414 g/mol. The first-order chi connectivity index (χ1) is 13.1. The molecule has 10 heteroatoms. The van der Waals surface area contributed by atoms with Gasteiger partial charge in [0.1, 0.15) is 17.2 Å². The largest absolute Gasteiger partial charge is 0.492 e. The zero-order valence-electron chi connectivity index (χ0n) is 15.5. The van der Waals surface area contributed by atoms with Crippen molar-refractivity contribution < 1.29 is 26.7 Å². The summed E-state index contributed by atoms with van der Waals surface area (Å²) in [5.74, 6) is -1.81. The minimum absolute atomic E-state index is 0.000891. The molecule has 1 saturated carbocycles. The molecule has 6 nitrogen and oxygen atoms in total. The van der Waals surface area contributed by atoms with Crippen molar-refractivity contribution in [1.29, 1.82) is 0 Å². The van der Waals surface area contributed by atoms with Crippen LogP contribution in [0.25, 0.3) is 0 Å². The summed E-state index contributed by atoms with van der Waals surface area (Å²) in [6, 6.07) is 2.02. The van der Waals surface area contributed by atoms with E-state index in [1.807, 2.05) is 4.72 Å². The topological polar surface area (TPSA) is 75.7 Å². The molecule has 1 saturated heterocycles. The lowest BCUT2D eigenvalue weighted by molar-refractivity contribution is 0.0846. The van der Waals surface area contributed by atoms with Crippen LogP contribution >= 0.6 is 11.6 Å². The second-order valence-corrected chi connectivity index (χ2v) is 9.70. The number of hydrogen-bond acceptors (Lipinski definition) is 4. The van der Waals surface area contributed by atoms with Gasteiger partial charge in [0.25, 0.3) is 5.91 Å². The molecule has 1 aliphatic heterocycles. The predicted octanol–water partition coefficient (Wildman–Crippen LogP) is 3.46. The molecule has 1 N–H and O–H groups in total. The third-order valence-corrected chi connectivity index (χ3v) is 7.05. The Kier molecular flexibility index (Phi) is 6.17. The molecule has 1 aromatic rings. The van der Waals surface area contributed by atoms with E-state index < -0.39 is 33.2 Å². The average molecular weight is 437 g/mol. The summed E-state index contributed by atoms with van der Waals surface area (Å²) in [6.07, 6.45) is 2.96. The number of carbonyl (C=O) groups excluding carboxylic acids is 1. The fourth-order valence-electron chi connectivity index (χ4n) is 3.23. The molecule has 3 rings (SSSR count). The minimum atomic E-state index is -3.98. The van der Waals surface area contributed by atoms with Crippen LogP contribution in [0.2, 0.25) is 5.02 Å².